The van der Waals surface area contributed by atoms with Crippen LogP contribution in [-0.4, -0.2) is 37.0 Å². The lowest BCUT2D eigenvalue weighted by atomic mass is 10.0. The van der Waals surface area contributed by atoms with Gasteiger partial charge < -0.3 is 15.4 Å². The number of carbonyl (C=O) groups is 3. The largest absolute Gasteiger partial charge is 0.466 e. The fourth-order valence-electron chi connectivity index (χ4n) is 2.25. The van der Waals surface area contributed by atoms with Crippen LogP contribution in [0.1, 0.15) is 44.0 Å². The molecule has 0 spiro atoms. The molecule has 0 heterocycles. The van der Waals surface area contributed by atoms with E-state index in [9.17, 15) is 23.2 Å². The van der Waals surface area contributed by atoms with Crippen LogP contribution in [0, 0.1) is 17.6 Å². The van der Waals surface area contributed by atoms with E-state index in [0.29, 0.717) is 13.0 Å². The third kappa shape index (κ3) is 6.42. The van der Waals surface area contributed by atoms with Crippen LogP contribution in [-0.2, 0) is 14.3 Å². The van der Waals surface area contributed by atoms with Crippen LogP contribution in [0.2, 0.25) is 0 Å². The molecule has 2 N–H and O–H groups in total. The molecule has 0 aliphatic heterocycles. The molecule has 0 saturated carbocycles. The molecule has 144 valence electrons. The van der Waals surface area contributed by atoms with Crippen LogP contribution in [0.4, 0.5) is 8.78 Å². The lowest BCUT2D eigenvalue weighted by Gasteiger charge is -2.22. The maximum atomic E-state index is 13.7. The summed E-state index contributed by atoms with van der Waals surface area (Å²) < 4.78 is 32.2. The zero-order valence-corrected chi connectivity index (χ0v) is 15.1. The second-order valence-corrected chi connectivity index (χ2v) is 5.99. The molecule has 0 fully saturated rings. The monoisotopic (exact) mass is 370 g/mol. The first-order valence-corrected chi connectivity index (χ1v) is 8.46. The van der Waals surface area contributed by atoms with Crippen LogP contribution >= 0.6 is 0 Å². The van der Waals surface area contributed by atoms with Crippen molar-refractivity contribution in [3.63, 3.8) is 0 Å². The van der Waals surface area contributed by atoms with Gasteiger partial charge in [0.2, 0.25) is 5.91 Å². The predicted octanol–water partition coefficient (Wildman–Crippen LogP) is 2.18. The van der Waals surface area contributed by atoms with Gasteiger partial charge in [0.05, 0.1) is 6.61 Å². The van der Waals surface area contributed by atoms with Crippen molar-refractivity contribution in [2.24, 2.45) is 5.92 Å². The Morgan fingerprint density at radius 1 is 1.15 bits per heavy atom. The van der Waals surface area contributed by atoms with Crippen molar-refractivity contribution in [3.05, 3.63) is 35.4 Å². The Bertz CT molecular complexity index is 630. The Labute approximate surface area is 151 Å². The summed E-state index contributed by atoms with van der Waals surface area (Å²) in [6.45, 7) is 5.60. The van der Waals surface area contributed by atoms with Gasteiger partial charge >= 0.3 is 5.97 Å². The van der Waals surface area contributed by atoms with Gasteiger partial charge in [0.1, 0.15) is 23.2 Å². The summed E-state index contributed by atoms with van der Waals surface area (Å²) in [6.07, 6.45) is 0.540. The van der Waals surface area contributed by atoms with Crippen LogP contribution in [0.15, 0.2) is 18.2 Å². The van der Waals surface area contributed by atoms with Gasteiger partial charge in [0, 0.05) is 13.0 Å². The van der Waals surface area contributed by atoms with Gasteiger partial charge in [0.15, 0.2) is 0 Å². The van der Waals surface area contributed by atoms with E-state index >= 15 is 0 Å². The van der Waals surface area contributed by atoms with E-state index in [1.54, 1.807) is 20.8 Å². The molecule has 6 nitrogen and oxygen atoms in total. The number of benzene rings is 1. The Balaban J connectivity index is 2.64. The third-order valence-electron chi connectivity index (χ3n) is 3.59. The second kappa shape index (κ2) is 10.5. The summed E-state index contributed by atoms with van der Waals surface area (Å²) in [5, 5.41) is 4.96. The molecule has 2 amide bonds. The summed E-state index contributed by atoms with van der Waals surface area (Å²) >= 11 is 0. The van der Waals surface area contributed by atoms with Gasteiger partial charge in [-0.3, -0.25) is 14.4 Å². The first kappa shape index (κ1) is 21.5. The molecule has 1 unspecified atom stereocenters. The zero-order chi connectivity index (χ0) is 19.7. The first-order chi connectivity index (χ1) is 12.3. The van der Waals surface area contributed by atoms with E-state index in [0.717, 1.165) is 18.2 Å². The fraction of sp³-hybridized carbons (Fsp3) is 0.500. The third-order valence-corrected chi connectivity index (χ3v) is 3.59. The Hall–Kier alpha value is -2.51. The van der Waals surface area contributed by atoms with E-state index in [1.165, 1.54) is 0 Å². The lowest BCUT2D eigenvalue weighted by molar-refractivity contribution is -0.143. The quantitative estimate of drug-likeness (QED) is 0.515. The van der Waals surface area contributed by atoms with Gasteiger partial charge in [-0.15, -0.1) is 0 Å². The van der Waals surface area contributed by atoms with Crippen LogP contribution in [0.25, 0.3) is 0 Å². The van der Waals surface area contributed by atoms with Gasteiger partial charge in [-0.05, 0) is 31.4 Å². The van der Waals surface area contributed by atoms with E-state index in [1.807, 2.05) is 0 Å². The molecule has 0 bridgehead atoms. The van der Waals surface area contributed by atoms with Crippen molar-refractivity contribution < 1.29 is 27.9 Å². The van der Waals surface area contributed by atoms with Crippen LogP contribution in [0.5, 0.6) is 0 Å². The normalized spacial score (nSPS) is 11.8. The number of hydrogen-bond acceptors (Lipinski definition) is 4. The Morgan fingerprint density at radius 3 is 2.31 bits per heavy atom. The second-order valence-electron chi connectivity index (χ2n) is 5.99. The number of carbonyl (C=O) groups excluding carboxylic acids is 3. The molecular formula is C18H24F2N2O4. The number of rotatable bonds is 9. The van der Waals surface area contributed by atoms with E-state index in [2.05, 4.69) is 10.6 Å². The van der Waals surface area contributed by atoms with Crippen molar-refractivity contribution in [3.8, 4) is 0 Å². The van der Waals surface area contributed by atoms with Gasteiger partial charge in [-0.25, -0.2) is 8.78 Å². The molecule has 0 saturated heterocycles. The number of ether oxygens (including phenoxy) is 1. The molecule has 1 aromatic rings. The lowest BCUT2D eigenvalue weighted by Crippen LogP contribution is -2.50. The topological polar surface area (TPSA) is 84.5 Å². The first-order valence-electron chi connectivity index (χ1n) is 8.46. The molecule has 0 aliphatic carbocycles. The number of esters is 1. The average Bonchev–Trinajstić information content (AvgIpc) is 2.56. The summed E-state index contributed by atoms with van der Waals surface area (Å²) in [5.41, 5.74) is -0.728. The van der Waals surface area contributed by atoms with Gasteiger partial charge in [0.25, 0.3) is 5.91 Å². The highest BCUT2D eigenvalue weighted by Crippen LogP contribution is 2.13. The number of hydrogen-bond donors (Lipinski definition) is 2. The maximum Gasteiger partial charge on any atom is 0.305 e. The highest BCUT2D eigenvalue weighted by atomic mass is 19.1. The van der Waals surface area contributed by atoms with Gasteiger partial charge in [-0.1, -0.05) is 19.9 Å². The molecule has 8 heteroatoms. The SMILES string of the molecule is CCOC(=O)CCCNC(=O)C(NC(=O)c1c(F)cccc1F)C(C)C. The molecule has 0 aromatic heterocycles. The molecule has 0 radical (unpaired) electrons. The zero-order valence-electron chi connectivity index (χ0n) is 15.1. The molecule has 1 atom stereocenters. The van der Waals surface area contributed by atoms with Crippen molar-refractivity contribution in [2.45, 2.75) is 39.7 Å². The highest BCUT2D eigenvalue weighted by molar-refractivity contribution is 5.98. The van der Waals surface area contributed by atoms with Crippen LogP contribution in [0.3, 0.4) is 0 Å². The standard InChI is InChI=1S/C18H24F2N2O4/c1-4-26-14(23)9-6-10-21-18(25)16(11(2)3)22-17(24)15-12(19)7-5-8-13(15)20/h5,7-8,11,16H,4,6,9-10H2,1-3H3,(H,21,25)(H,22,24). The molecule has 0 aliphatic rings. The Morgan fingerprint density at radius 2 is 1.77 bits per heavy atom. The van der Waals surface area contributed by atoms with Crippen molar-refractivity contribution in [2.75, 3.05) is 13.2 Å². The van der Waals surface area contributed by atoms with Crippen molar-refractivity contribution in [1.82, 2.24) is 10.6 Å². The average molecular weight is 370 g/mol. The molecular weight excluding hydrogens is 346 g/mol. The summed E-state index contributed by atoms with van der Waals surface area (Å²) in [4.78, 5) is 35.7. The minimum atomic E-state index is -1.00. The van der Waals surface area contributed by atoms with E-state index < -0.39 is 35.1 Å². The molecule has 26 heavy (non-hydrogen) atoms. The summed E-state index contributed by atoms with van der Waals surface area (Å²) in [5.74, 6) is -4.15. The van der Waals surface area contributed by atoms with Crippen LogP contribution < -0.4 is 10.6 Å². The number of nitrogens with one attached hydrogen (secondary N) is 2. The smallest absolute Gasteiger partial charge is 0.305 e. The summed E-state index contributed by atoms with van der Waals surface area (Å²) in [6, 6.07) is 2.12. The minimum Gasteiger partial charge on any atom is -0.466 e. The van der Waals surface area contributed by atoms with Crippen molar-refractivity contribution >= 4 is 17.8 Å². The maximum absolute atomic E-state index is 13.7. The fourth-order valence-corrected chi connectivity index (χ4v) is 2.25. The molecule has 1 aromatic carbocycles. The molecule has 1 rings (SSSR count). The summed E-state index contributed by atoms with van der Waals surface area (Å²) in [7, 11) is 0. The van der Waals surface area contributed by atoms with E-state index in [-0.39, 0.29) is 24.9 Å². The highest BCUT2D eigenvalue weighted by Gasteiger charge is 2.27. The Kier molecular flexibility index (Phi) is 8.67. The number of amides is 2. The minimum absolute atomic E-state index is 0.160. The number of halogens is 2. The predicted molar refractivity (Wildman–Crippen MR) is 91.3 cm³/mol. The van der Waals surface area contributed by atoms with Crippen molar-refractivity contribution in [1.29, 1.82) is 0 Å². The van der Waals surface area contributed by atoms with E-state index in [4.69, 9.17) is 4.74 Å². The van der Waals surface area contributed by atoms with Gasteiger partial charge in [-0.2, -0.15) is 0 Å².